The second kappa shape index (κ2) is 22.5. The lowest BCUT2D eigenvalue weighted by Crippen LogP contribution is -2.23. The van der Waals surface area contributed by atoms with Crippen LogP contribution in [0, 0.1) is 12.3 Å². The van der Waals surface area contributed by atoms with Gasteiger partial charge in [-0.3, -0.25) is 0 Å². The predicted molar refractivity (Wildman–Crippen MR) is 278 cm³/mol. The molecule has 1 atom stereocenters. The Balaban J connectivity index is 1.31. The van der Waals surface area contributed by atoms with E-state index in [2.05, 4.69) is 5.73 Å². The van der Waals surface area contributed by atoms with Crippen LogP contribution in [0.1, 0.15) is 94.7 Å². The highest BCUT2D eigenvalue weighted by Gasteiger charge is 2.45. The van der Waals surface area contributed by atoms with Crippen molar-refractivity contribution < 1.29 is 115 Å². The molecule has 6 aromatic rings. The maximum atomic E-state index is 14.4. The minimum Gasteiger partial charge on any atom is -0.493 e. The van der Waals surface area contributed by atoms with Gasteiger partial charge in [0.15, 0.2) is 0 Å². The standard InChI is InChI=1S/C63H40F24O2/c1-30-49(39-14-31(35-18-41(56(64,65)66)26-42(19-35)57(67,68)69)12-32(15-39)36-20-43(58(70,71)72)27-44(21-36)59(73,74)75)6-8-51-53(30)54-52(89-11-5-4-10-88-51)9-7-50(55(54,2)3)40-16-33(37-22-45(60(76,77)78)28-46(23-37)61(79,80)81)13-34(17-40)38-24-47(62(82,83)84)29-48(25-38)63(85,86)87/h6,8-9,12-24,26-29,38H,4-5,10-11,25H2,1-3H3. The topological polar surface area (TPSA) is 18.5 Å². The molecule has 0 bridgehead atoms. The molecule has 2 aliphatic carbocycles. The van der Waals surface area contributed by atoms with Crippen molar-refractivity contribution >= 4 is 11.1 Å². The van der Waals surface area contributed by atoms with Crippen LogP contribution in [0.4, 0.5) is 105 Å². The molecule has 1 heterocycles. The summed E-state index contributed by atoms with van der Waals surface area (Å²) in [5.74, 6) is -2.00. The SMILES string of the molecule is Cc1c(-c2cc(-c3cc(C(F)(F)F)cc(C(F)(F)F)c3)cc(-c3cc(C(F)(F)F)cc(C(F)(F)F)c3)c2)ccc2c1C1=C(C=C=C(c3cc(-c4cc(C(F)(F)F)cc(C(F)(F)F)c4)cc(C4C=C(C(F)(F)F)C=C(C(F)(F)F)C4)c3)C1(C)C)OCCCCO2. The van der Waals surface area contributed by atoms with Crippen molar-refractivity contribution in [3.8, 4) is 50.3 Å². The molecule has 0 saturated heterocycles. The van der Waals surface area contributed by atoms with Crippen LogP contribution in [0.25, 0.3) is 55.7 Å². The second-order valence-electron chi connectivity index (χ2n) is 21.7. The number of hydrogen-bond acceptors (Lipinski definition) is 2. The fourth-order valence-corrected chi connectivity index (χ4v) is 10.9. The molecule has 0 fully saturated rings. The number of hydrogen-bond donors (Lipinski definition) is 0. The Morgan fingerprint density at radius 1 is 0.427 bits per heavy atom. The van der Waals surface area contributed by atoms with Crippen molar-refractivity contribution in [1.29, 1.82) is 0 Å². The first kappa shape index (κ1) is 65.4. The van der Waals surface area contributed by atoms with E-state index in [9.17, 15) is 105 Å². The number of allylic oxidation sites excluding steroid dienone is 6. The lowest BCUT2D eigenvalue weighted by molar-refractivity contribution is -0.144. The molecule has 3 aliphatic rings. The van der Waals surface area contributed by atoms with E-state index in [1.807, 2.05) is 0 Å². The van der Waals surface area contributed by atoms with E-state index >= 15 is 0 Å². The third-order valence-electron chi connectivity index (χ3n) is 15.1. The minimum atomic E-state index is -5.46. The molecule has 0 saturated carbocycles. The summed E-state index contributed by atoms with van der Waals surface area (Å²) in [7, 11) is 0. The zero-order chi connectivity index (χ0) is 65.7. The monoisotopic (exact) mass is 1280 g/mol. The summed E-state index contributed by atoms with van der Waals surface area (Å²) in [6.45, 7) is 4.12. The predicted octanol–water partition coefficient (Wildman–Crippen LogP) is 22.4. The largest absolute Gasteiger partial charge is 0.493 e. The second-order valence-corrected chi connectivity index (χ2v) is 21.7. The first-order chi connectivity index (χ1) is 40.8. The van der Waals surface area contributed by atoms with Crippen LogP contribution in [0.5, 0.6) is 5.75 Å². The van der Waals surface area contributed by atoms with Gasteiger partial charge in [-0.2, -0.15) is 105 Å². The van der Waals surface area contributed by atoms with Crippen molar-refractivity contribution in [1.82, 2.24) is 0 Å². The van der Waals surface area contributed by atoms with Crippen LogP contribution in [0.2, 0.25) is 0 Å². The van der Waals surface area contributed by atoms with Gasteiger partial charge in [-0.05, 0) is 178 Å². The van der Waals surface area contributed by atoms with Gasteiger partial charge in [0.25, 0.3) is 0 Å². The summed E-state index contributed by atoms with van der Waals surface area (Å²) in [4.78, 5) is 0. The first-order valence-electron chi connectivity index (χ1n) is 26.2. The average Bonchev–Trinajstić information content (AvgIpc) is 0.779. The molecule has 1 unspecified atom stereocenters. The van der Waals surface area contributed by atoms with Gasteiger partial charge in [0.05, 0.1) is 52.2 Å². The molecule has 2 nitrogen and oxygen atoms in total. The van der Waals surface area contributed by atoms with E-state index in [-0.39, 0.29) is 124 Å². The molecule has 0 aromatic heterocycles. The Hall–Kier alpha value is -8.02. The van der Waals surface area contributed by atoms with E-state index < -0.39 is 151 Å². The van der Waals surface area contributed by atoms with Crippen LogP contribution in [-0.2, 0) is 41.8 Å². The van der Waals surface area contributed by atoms with Gasteiger partial charge in [-0.1, -0.05) is 38.1 Å². The Morgan fingerprint density at radius 3 is 1.22 bits per heavy atom. The molecule has 0 N–H and O–H groups in total. The molecule has 0 spiro atoms. The van der Waals surface area contributed by atoms with Crippen molar-refractivity contribution in [2.45, 2.75) is 95.4 Å². The third-order valence-corrected chi connectivity index (χ3v) is 15.1. The maximum absolute atomic E-state index is 14.4. The number of ether oxygens (including phenoxy) is 2. The number of rotatable bonds is 6. The minimum absolute atomic E-state index is 0.0116. The fraction of sp³-hybridized carbons (Fsp3) is 0.286. The van der Waals surface area contributed by atoms with Gasteiger partial charge in [-0.15, -0.1) is 5.73 Å². The summed E-state index contributed by atoms with van der Waals surface area (Å²) >= 11 is 0. The molecular weight excluding hydrogens is 1240 g/mol. The van der Waals surface area contributed by atoms with Gasteiger partial charge in [0.1, 0.15) is 11.5 Å². The molecule has 26 heteroatoms. The molecular formula is C63H40F24O2. The van der Waals surface area contributed by atoms with E-state index in [0.29, 0.717) is 18.9 Å². The van der Waals surface area contributed by atoms with E-state index in [1.165, 1.54) is 39.0 Å². The smallest absolute Gasteiger partial charge is 0.416 e. The lowest BCUT2D eigenvalue weighted by atomic mass is 9.68. The van der Waals surface area contributed by atoms with Gasteiger partial charge in [0.2, 0.25) is 0 Å². The zero-order valence-corrected chi connectivity index (χ0v) is 45.5. The number of halogens is 24. The maximum Gasteiger partial charge on any atom is 0.416 e. The summed E-state index contributed by atoms with van der Waals surface area (Å²) in [5.41, 5.74) is -18.8. The van der Waals surface area contributed by atoms with Crippen molar-refractivity contribution in [3.05, 3.63) is 200 Å². The van der Waals surface area contributed by atoms with Crippen LogP contribution in [-0.4, -0.2) is 25.6 Å². The van der Waals surface area contributed by atoms with Crippen molar-refractivity contribution in [2.75, 3.05) is 13.2 Å². The summed E-state index contributed by atoms with van der Waals surface area (Å²) < 4.78 is 358. The molecule has 472 valence electrons. The van der Waals surface area contributed by atoms with Gasteiger partial charge < -0.3 is 9.47 Å². The molecule has 0 amide bonds. The Morgan fingerprint density at radius 2 is 0.809 bits per heavy atom. The molecule has 89 heavy (non-hydrogen) atoms. The Bertz CT molecular complexity index is 3760. The summed E-state index contributed by atoms with van der Waals surface area (Å²) in [5, 5.41) is 0. The Labute approximate surface area is 488 Å². The normalized spacial score (nSPS) is 17.2. The van der Waals surface area contributed by atoms with Crippen LogP contribution < -0.4 is 4.74 Å². The van der Waals surface area contributed by atoms with Crippen LogP contribution in [0.3, 0.4) is 0 Å². The van der Waals surface area contributed by atoms with Crippen molar-refractivity contribution in [2.24, 2.45) is 5.41 Å². The lowest BCUT2D eigenvalue weighted by Gasteiger charge is -2.36. The van der Waals surface area contributed by atoms with Gasteiger partial charge in [0, 0.05) is 39.7 Å². The highest BCUT2D eigenvalue weighted by Crippen LogP contribution is 2.55. The quantitative estimate of drug-likeness (QED) is 0.122. The first-order valence-corrected chi connectivity index (χ1v) is 26.2. The number of benzene rings is 6. The highest BCUT2D eigenvalue weighted by molar-refractivity contribution is 5.95. The van der Waals surface area contributed by atoms with E-state index in [1.54, 1.807) is 0 Å². The van der Waals surface area contributed by atoms with Crippen LogP contribution in [0.15, 0.2) is 144 Å². The molecule has 9 rings (SSSR count). The third kappa shape index (κ3) is 13.9. The van der Waals surface area contributed by atoms with Crippen molar-refractivity contribution in [3.63, 3.8) is 0 Å². The Kier molecular flexibility index (Phi) is 16.5. The van der Waals surface area contributed by atoms with E-state index in [4.69, 9.17) is 9.47 Å². The summed E-state index contributed by atoms with van der Waals surface area (Å²) in [6, 6.07) is 9.28. The van der Waals surface area contributed by atoms with Gasteiger partial charge in [-0.25, -0.2) is 0 Å². The highest BCUT2D eigenvalue weighted by atomic mass is 19.4. The molecule has 1 aliphatic heterocycles. The number of alkyl halides is 24. The van der Waals surface area contributed by atoms with Crippen LogP contribution >= 0.6 is 0 Å². The molecule has 6 aromatic carbocycles. The number of fused-ring (bicyclic) bond motifs is 2. The average molecular weight is 1280 g/mol. The zero-order valence-electron chi connectivity index (χ0n) is 45.5. The van der Waals surface area contributed by atoms with Gasteiger partial charge >= 0.3 is 49.4 Å². The fourth-order valence-electron chi connectivity index (χ4n) is 10.9. The summed E-state index contributed by atoms with van der Waals surface area (Å²) in [6.07, 6.45) is -42.7. The van der Waals surface area contributed by atoms with E-state index in [0.717, 1.165) is 36.4 Å². The molecule has 0 radical (unpaired) electrons.